The highest BCUT2D eigenvalue weighted by atomic mass is 127. The standard InChI is InChI=1S/C32H49N5O3Si2.C26H45IN4O2Si2.C12H18BNO3/c1-41(2,3)13-11-39-22-36(23-40-12-14-42(4,5)6)31-18-30(27-16-24-7-8-25(15-24)17-27)35-32-29(20-34-37(31)32)26-9-10-28(21-38)33-19-26;1-34(2,3)11-9-32-18-30(19-33-10-12-35(4,5)6)25-16-24(29-26-23(27)17-28-31(25)26)22-14-20-7-8-21(13-20)15-22;1-11(2)12(3,4)17-13(16-11)9-6-7-10(15-5)14-8-9/h9-10,18-21,24-25,27H,7-8,11-17,22-23H2,1-6H3;16-17,20-22H,7-15,18-19H2,1-6H3;6-8H,1-5H3/t24-,25+,27?;20-,21+,22?;. The van der Waals surface area contributed by atoms with E-state index in [2.05, 4.69) is 133 Å². The Morgan fingerprint density at radius 1 is 0.564 bits per heavy atom. The summed E-state index contributed by atoms with van der Waals surface area (Å²) in [6.07, 6.45) is 21.3. The second-order valence-electron chi connectivity index (χ2n) is 33.3. The number of fused-ring (bicyclic) bond motifs is 6. The van der Waals surface area contributed by atoms with Crippen LogP contribution in [-0.4, -0.2) is 157 Å². The van der Waals surface area contributed by atoms with E-state index >= 15 is 0 Å². The summed E-state index contributed by atoms with van der Waals surface area (Å²) in [6, 6.07) is 16.5. The number of halogens is 1. The number of aldehydes is 1. The lowest BCUT2D eigenvalue weighted by Gasteiger charge is -2.32. The summed E-state index contributed by atoms with van der Waals surface area (Å²) in [5.41, 5.74) is 6.65. The first-order valence-electron chi connectivity index (χ1n) is 34.8. The fourth-order valence-electron chi connectivity index (χ4n) is 13.3. The monoisotopic (exact) mass is 1470 g/mol. The molecule has 4 aliphatic carbocycles. The van der Waals surface area contributed by atoms with Gasteiger partial charge in [-0.15, -0.1) is 0 Å². The van der Waals surface area contributed by atoms with E-state index in [4.69, 9.17) is 53.2 Å². The molecule has 0 amide bonds. The number of nitrogens with zero attached hydrogens (tertiary/aromatic N) is 10. The molecule has 0 radical (unpaired) electrons. The van der Waals surface area contributed by atoms with Crippen LogP contribution in [0.15, 0.2) is 61.2 Å². The van der Waals surface area contributed by atoms with Gasteiger partial charge in [-0.3, -0.25) is 9.78 Å². The molecule has 4 saturated carbocycles. The largest absolute Gasteiger partial charge is 0.496 e. The summed E-state index contributed by atoms with van der Waals surface area (Å²) < 4.78 is 47.0. The van der Waals surface area contributed by atoms with Gasteiger partial charge in [0.15, 0.2) is 17.6 Å². The zero-order chi connectivity index (χ0) is 67.8. The van der Waals surface area contributed by atoms with Crippen molar-refractivity contribution in [2.75, 3.05) is 70.3 Å². The third kappa shape index (κ3) is 20.8. The van der Waals surface area contributed by atoms with E-state index in [9.17, 15) is 4.79 Å². The third-order valence-corrected chi connectivity index (χ3v) is 27.4. The van der Waals surface area contributed by atoms with Crippen LogP contribution in [0, 0.1) is 27.2 Å². The van der Waals surface area contributed by atoms with Gasteiger partial charge in [-0.05, 0) is 149 Å². The maximum atomic E-state index is 11.2. The van der Waals surface area contributed by atoms with Gasteiger partial charge in [0, 0.05) is 123 Å². The molecular weight excluding hydrogens is 1360 g/mol. The van der Waals surface area contributed by atoms with Crippen molar-refractivity contribution in [2.24, 2.45) is 23.7 Å². The second kappa shape index (κ2) is 31.9. The van der Waals surface area contributed by atoms with Crippen LogP contribution in [0.3, 0.4) is 0 Å². The average Bonchev–Trinajstić information content (AvgIpc) is 1.59. The predicted molar refractivity (Wildman–Crippen MR) is 400 cm³/mol. The van der Waals surface area contributed by atoms with E-state index in [0.717, 1.165) is 117 Å². The molecule has 1 saturated heterocycles. The van der Waals surface area contributed by atoms with Crippen LogP contribution in [0.25, 0.3) is 22.4 Å². The zero-order valence-electron chi connectivity index (χ0n) is 60.1. The van der Waals surface area contributed by atoms with Crippen molar-refractivity contribution in [3.63, 3.8) is 0 Å². The number of carbonyl (C=O) groups excluding carboxylic acids is 1. The fourth-order valence-corrected chi connectivity index (χ4v) is 16.8. The van der Waals surface area contributed by atoms with E-state index in [1.54, 1.807) is 31.6 Å². The normalized spacial score (nSPS) is 21.7. The zero-order valence-corrected chi connectivity index (χ0v) is 66.2. The summed E-state index contributed by atoms with van der Waals surface area (Å²) in [7, 11) is -3.46. The minimum atomic E-state index is -1.21. The Labute approximate surface area is 580 Å². The van der Waals surface area contributed by atoms with Gasteiger partial charge in [-0.25, -0.2) is 15.0 Å². The first-order valence-corrected chi connectivity index (χ1v) is 50.7. The highest BCUT2D eigenvalue weighted by Crippen LogP contribution is 2.50. The van der Waals surface area contributed by atoms with Crippen LogP contribution < -0.4 is 20.0 Å². The minimum absolute atomic E-state index is 0.322. The average molecular weight is 1470 g/mol. The molecule has 7 heterocycles. The van der Waals surface area contributed by atoms with Gasteiger partial charge in [0.1, 0.15) is 44.3 Å². The number of ether oxygens (including phenoxy) is 5. The molecule has 0 spiro atoms. The number of anilines is 2. The third-order valence-electron chi connectivity index (χ3n) is 19.8. The first-order chi connectivity index (χ1) is 44.3. The quantitative estimate of drug-likeness (QED) is 0.0149. The van der Waals surface area contributed by atoms with Gasteiger partial charge in [-0.2, -0.15) is 19.2 Å². The van der Waals surface area contributed by atoms with Crippen molar-refractivity contribution in [1.82, 2.24) is 39.2 Å². The molecule has 516 valence electrons. The van der Waals surface area contributed by atoms with E-state index in [1.165, 1.54) is 82.0 Å². The summed E-state index contributed by atoms with van der Waals surface area (Å²) in [6.45, 7) is 41.8. The first kappa shape index (κ1) is 74.3. The molecule has 94 heavy (non-hydrogen) atoms. The number of carbonyl (C=O) groups is 1. The smallest absolute Gasteiger partial charge is 0.481 e. The maximum Gasteiger partial charge on any atom is 0.496 e. The van der Waals surface area contributed by atoms with Crippen LogP contribution in [-0.2, 0) is 28.3 Å². The molecule has 5 aliphatic rings. The Balaban J connectivity index is 0.000000180. The molecule has 6 aromatic heterocycles. The summed E-state index contributed by atoms with van der Waals surface area (Å²) >= 11 is 2.37. The molecule has 2 unspecified atom stereocenters. The summed E-state index contributed by atoms with van der Waals surface area (Å²) in [5.74, 6) is 6.98. The van der Waals surface area contributed by atoms with E-state index < -0.39 is 32.3 Å². The number of aromatic nitrogens is 8. The summed E-state index contributed by atoms with van der Waals surface area (Å²) in [4.78, 5) is 34.5. The summed E-state index contributed by atoms with van der Waals surface area (Å²) in [5, 5.41) is 9.55. The number of methoxy groups -OCH3 is 1. The molecule has 0 N–H and O–H groups in total. The highest BCUT2D eigenvalue weighted by Gasteiger charge is 2.52. The van der Waals surface area contributed by atoms with E-state index in [0.29, 0.717) is 50.3 Å². The van der Waals surface area contributed by atoms with E-state index in [1.807, 2.05) is 61.3 Å². The molecule has 6 atom stereocenters. The van der Waals surface area contributed by atoms with Crippen molar-refractivity contribution >= 4 is 96.7 Å². The molecule has 5 fully saturated rings. The lowest BCUT2D eigenvalue weighted by atomic mass is 9.79. The van der Waals surface area contributed by atoms with Crippen LogP contribution >= 0.6 is 22.6 Å². The molecule has 18 nitrogen and oxygen atoms in total. The SMILES string of the molecule is COc1ccc(B2OC(C)(C)C(C)(C)O2)cn1.C[Si](C)(C)CCOCN(COCC[Si](C)(C)C)c1cc(C2C[C@H]3CC[C@@H](C2)C3)nc2c(-c3ccc(C=O)nc3)cnn12.C[Si](C)(C)CCOCN(COCC[Si](C)(C)C)c1cc(C2C[C@H]3CC[C@@H](C2)C3)nc2c(I)cnn12. The number of hydrogen-bond acceptors (Lipinski definition) is 16. The Kier molecular flexibility index (Phi) is 25.2. The molecule has 0 aromatic carbocycles. The molecule has 1 aliphatic heterocycles. The van der Waals surface area contributed by atoms with Gasteiger partial charge in [0.05, 0.1) is 34.3 Å². The number of pyridine rings is 2. The Hall–Kier alpha value is -3.97. The van der Waals surface area contributed by atoms with Gasteiger partial charge in [-0.1, -0.05) is 116 Å². The van der Waals surface area contributed by atoms with Crippen molar-refractivity contribution < 1.29 is 37.8 Å². The Morgan fingerprint density at radius 2 is 0.989 bits per heavy atom. The molecule has 11 rings (SSSR count). The molecule has 6 aromatic rings. The number of rotatable bonds is 28. The minimum Gasteiger partial charge on any atom is -0.481 e. The molecule has 24 heteroatoms. The second-order valence-corrected chi connectivity index (χ2v) is 57.0. The predicted octanol–water partition coefficient (Wildman–Crippen LogP) is 15.8. The van der Waals surface area contributed by atoms with Gasteiger partial charge in [0.25, 0.3) is 0 Å². The number of hydrogen-bond donors (Lipinski definition) is 0. The van der Waals surface area contributed by atoms with Crippen LogP contribution in [0.1, 0.15) is 126 Å². The van der Waals surface area contributed by atoms with Crippen molar-refractivity contribution in [2.45, 2.75) is 218 Å². The lowest BCUT2D eigenvalue weighted by molar-refractivity contribution is 0.00578. The van der Waals surface area contributed by atoms with Gasteiger partial charge < -0.3 is 42.8 Å². The Morgan fingerprint density at radius 3 is 1.37 bits per heavy atom. The topological polar surface area (TPSA) is 174 Å². The van der Waals surface area contributed by atoms with Gasteiger partial charge in [0.2, 0.25) is 5.88 Å². The molecule has 4 bridgehead atoms. The maximum absolute atomic E-state index is 11.2. The van der Waals surface area contributed by atoms with Crippen molar-refractivity contribution in [3.8, 4) is 17.0 Å². The van der Waals surface area contributed by atoms with E-state index in [-0.39, 0.29) is 18.3 Å². The van der Waals surface area contributed by atoms with Crippen LogP contribution in [0.5, 0.6) is 5.88 Å². The fraction of sp³-hybridized carbons (Fsp3) is 0.671. The van der Waals surface area contributed by atoms with Crippen LogP contribution in [0.4, 0.5) is 11.6 Å². The molecular formula is C70H112BIN10O8Si4. The van der Waals surface area contributed by atoms with Gasteiger partial charge >= 0.3 is 7.12 Å². The Bertz CT molecular complexity index is 3320. The lowest BCUT2D eigenvalue weighted by Crippen LogP contribution is -2.41. The van der Waals surface area contributed by atoms with Crippen LogP contribution in [0.2, 0.25) is 103 Å². The van der Waals surface area contributed by atoms with Crippen molar-refractivity contribution in [1.29, 1.82) is 0 Å². The van der Waals surface area contributed by atoms with Crippen molar-refractivity contribution in [3.05, 3.63) is 81.8 Å². The highest BCUT2D eigenvalue weighted by molar-refractivity contribution is 14.1.